The third-order valence-corrected chi connectivity index (χ3v) is 4.97. The highest BCUT2D eigenvalue weighted by molar-refractivity contribution is 7.99. The number of rotatable bonds is 3. The standard InChI is InChI=1S/C18H21NS/c1-13(2)16-10-11-19-18-9-8-15(12-17(16)18)20-14-6-4-3-5-7-14/h3-9,12-13,16,19H,10-11H2,1-2H3. The van der Waals surface area contributed by atoms with Crippen LogP contribution in [0.2, 0.25) is 0 Å². The summed E-state index contributed by atoms with van der Waals surface area (Å²) in [5.74, 6) is 1.38. The van der Waals surface area contributed by atoms with Crippen LogP contribution >= 0.6 is 11.8 Å². The lowest BCUT2D eigenvalue weighted by Crippen LogP contribution is -2.20. The topological polar surface area (TPSA) is 12.0 Å². The van der Waals surface area contributed by atoms with Gasteiger partial charge in [-0.2, -0.15) is 0 Å². The van der Waals surface area contributed by atoms with Crippen molar-refractivity contribution in [3.63, 3.8) is 0 Å². The molecule has 0 aromatic heterocycles. The van der Waals surface area contributed by atoms with Crippen LogP contribution in [0, 0.1) is 5.92 Å². The van der Waals surface area contributed by atoms with Crippen molar-refractivity contribution in [3.8, 4) is 0 Å². The van der Waals surface area contributed by atoms with Gasteiger partial charge in [0.05, 0.1) is 0 Å². The second-order valence-electron chi connectivity index (χ2n) is 5.73. The van der Waals surface area contributed by atoms with E-state index in [1.165, 1.54) is 27.5 Å². The van der Waals surface area contributed by atoms with Gasteiger partial charge in [-0.1, -0.05) is 43.8 Å². The van der Waals surface area contributed by atoms with Gasteiger partial charge in [-0.15, -0.1) is 0 Å². The third-order valence-electron chi connectivity index (χ3n) is 3.98. The Kier molecular flexibility index (Phi) is 4.02. The molecule has 2 aromatic rings. The summed E-state index contributed by atoms with van der Waals surface area (Å²) >= 11 is 1.85. The van der Waals surface area contributed by atoms with Gasteiger partial charge in [0, 0.05) is 22.0 Å². The van der Waals surface area contributed by atoms with Crippen LogP contribution < -0.4 is 5.32 Å². The van der Waals surface area contributed by atoms with Gasteiger partial charge >= 0.3 is 0 Å². The molecule has 0 saturated carbocycles. The lowest BCUT2D eigenvalue weighted by Gasteiger charge is -2.30. The zero-order chi connectivity index (χ0) is 13.9. The molecule has 1 N–H and O–H groups in total. The molecule has 20 heavy (non-hydrogen) atoms. The Labute approximate surface area is 125 Å². The van der Waals surface area contributed by atoms with E-state index in [-0.39, 0.29) is 0 Å². The van der Waals surface area contributed by atoms with Crippen molar-refractivity contribution in [1.29, 1.82) is 0 Å². The Balaban J connectivity index is 1.89. The molecular weight excluding hydrogens is 262 g/mol. The summed E-state index contributed by atoms with van der Waals surface area (Å²) in [6, 6.07) is 17.4. The number of benzene rings is 2. The Bertz CT molecular complexity index is 577. The first-order valence-corrected chi connectivity index (χ1v) is 8.16. The van der Waals surface area contributed by atoms with Crippen LogP contribution in [-0.4, -0.2) is 6.54 Å². The molecule has 1 atom stereocenters. The first kappa shape index (κ1) is 13.6. The molecule has 0 bridgehead atoms. The summed E-state index contributed by atoms with van der Waals surface area (Å²) in [6.07, 6.45) is 1.24. The van der Waals surface area contributed by atoms with E-state index >= 15 is 0 Å². The normalized spacial score (nSPS) is 17.6. The van der Waals surface area contributed by atoms with Crippen molar-refractivity contribution in [2.45, 2.75) is 36.0 Å². The SMILES string of the molecule is CC(C)C1CCNc2ccc(Sc3ccccc3)cc21. The average molecular weight is 283 g/mol. The summed E-state index contributed by atoms with van der Waals surface area (Å²) < 4.78 is 0. The zero-order valence-electron chi connectivity index (χ0n) is 12.1. The minimum Gasteiger partial charge on any atom is -0.385 e. The number of hydrogen-bond acceptors (Lipinski definition) is 2. The largest absolute Gasteiger partial charge is 0.385 e. The maximum Gasteiger partial charge on any atom is 0.0376 e. The molecule has 0 spiro atoms. The molecule has 0 aliphatic carbocycles. The minimum atomic E-state index is 0.683. The zero-order valence-corrected chi connectivity index (χ0v) is 12.9. The predicted molar refractivity (Wildman–Crippen MR) is 87.7 cm³/mol. The molecule has 2 aromatic carbocycles. The van der Waals surface area contributed by atoms with Gasteiger partial charge in [0.25, 0.3) is 0 Å². The summed E-state index contributed by atoms with van der Waals surface area (Å²) in [5.41, 5.74) is 2.82. The summed E-state index contributed by atoms with van der Waals surface area (Å²) in [7, 11) is 0. The summed E-state index contributed by atoms with van der Waals surface area (Å²) in [4.78, 5) is 2.64. The van der Waals surface area contributed by atoms with Crippen molar-refractivity contribution in [2.24, 2.45) is 5.92 Å². The molecule has 0 fully saturated rings. The monoisotopic (exact) mass is 283 g/mol. The Morgan fingerprint density at radius 2 is 1.85 bits per heavy atom. The van der Waals surface area contributed by atoms with Crippen LogP contribution in [0.25, 0.3) is 0 Å². The van der Waals surface area contributed by atoms with Crippen LogP contribution in [-0.2, 0) is 0 Å². The van der Waals surface area contributed by atoms with E-state index in [2.05, 4.69) is 67.7 Å². The van der Waals surface area contributed by atoms with Crippen LogP contribution in [0.1, 0.15) is 31.7 Å². The van der Waals surface area contributed by atoms with E-state index in [1.54, 1.807) is 0 Å². The Morgan fingerprint density at radius 1 is 1.05 bits per heavy atom. The molecule has 1 aliphatic heterocycles. The number of fused-ring (bicyclic) bond motifs is 1. The molecule has 1 aliphatic rings. The highest BCUT2D eigenvalue weighted by atomic mass is 32.2. The maximum atomic E-state index is 3.53. The summed E-state index contributed by atoms with van der Waals surface area (Å²) in [6.45, 7) is 5.76. The second-order valence-corrected chi connectivity index (χ2v) is 6.88. The lowest BCUT2D eigenvalue weighted by molar-refractivity contribution is 0.469. The molecule has 0 radical (unpaired) electrons. The van der Waals surface area contributed by atoms with E-state index in [9.17, 15) is 0 Å². The second kappa shape index (κ2) is 5.92. The van der Waals surface area contributed by atoms with E-state index < -0.39 is 0 Å². The van der Waals surface area contributed by atoms with Crippen LogP contribution in [0.4, 0.5) is 5.69 Å². The fourth-order valence-corrected chi connectivity index (χ4v) is 3.79. The highest BCUT2D eigenvalue weighted by Gasteiger charge is 2.22. The number of nitrogens with one attached hydrogen (secondary N) is 1. The number of anilines is 1. The predicted octanol–water partition coefficient (Wildman–Crippen LogP) is 5.39. The van der Waals surface area contributed by atoms with Gasteiger partial charge in [-0.05, 0) is 54.2 Å². The molecule has 0 amide bonds. The van der Waals surface area contributed by atoms with Crippen LogP contribution in [0.15, 0.2) is 58.3 Å². The van der Waals surface area contributed by atoms with Crippen molar-refractivity contribution < 1.29 is 0 Å². The minimum absolute atomic E-state index is 0.683. The van der Waals surface area contributed by atoms with Gasteiger partial charge in [0.1, 0.15) is 0 Å². The molecule has 1 unspecified atom stereocenters. The Hall–Kier alpha value is -1.41. The average Bonchev–Trinajstić information content (AvgIpc) is 2.47. The van der Waals surface area contributed by atoms with Crippen molar-refractivity contribution in [1.82, 2.24) is 0 Å². The van der Waals surface area contributed by atoms with E-state index in [1.807, 2.05) is 11.8 Å². The quantitative estimate of drug-likeness (QED) is 0.810. The Morgan fingerprint density at radius 3 is 2.60 bits per heavy atom. The number of hydrogen-bond donors (Lipinski definition) is 1. The first-order chi connectivity index (χ1) is 9.74. The van der Waals surface area contributed by atoms with Crippen molar-refractivity contribution in [2.75, 3.05) is 11.9 Å². The van der Waals surface area contributed by atoms with Gasteiger partial charge in [-0.25, -0.2) is 0 Å². The van der Waals surface area contributed by atoms with Gasteiger partial charge in [0.2, 0.25) is 0 Å². The lowest BCUT2D eigenvalue weighted by atomic mass is 9.83. The fraction of sp³-hybridized carbons (Fsp3) is 0.333. The third kappa shape index (κ3) is 2.85. The van der Waals surface area contributed by atoms with E-state index in [0.717, 1.165) is 6.54 Å². The first-order valence-electron chi connectivity index (χ1n) is 7.35. The highest BCUT2D eigenvalue weighted by Crippen LogP contribution is 2.39. The van der Waals surface area contributed by atoms with E-state index in [0.29, 0.717) is 11.8 Å². The molecule has 1 heterocycles. The molecular formula is C18H21NS. The fourth-order valence-electron chi connectivity index (χ4n) is 2.91. The molecule has 0 saturated heterocycles. The van der Waals surface area contributed by atoms with E-state index in [4.69, 9.17) is 0 Å². The molecule has 1 nitrogen and oxygen atoms in total. The molecule has 104 valence electrons. The van der Waals surface area contributed by atoms with Gasteiger partial charge in [0.15, 0.2) is 0 Å². The smallest absolute Gasteiger partial charge is 0.0376 e. The van der Waals surface area contributed by atoms with Crippen molar-refractivity contribution >= 4 is 17.4 Å². The van der Waals surface area contributed by atoms with Crippen LogP contribution in [0.3, 0.4) is 0 Å². The molecule has 3 rings (SSSR count). The van der Waals surface area contributed by atoms with Crippen LogP contribution in [0.5, 0.6) is 0 Å². The maximum absolute atomic E-state index is 3.53. The van der Waals surface area contributed by atoms with Gasteiger partial charge in [-0.3, -0.25) is 0 Å². The van der Waals surface area contributed by atoms with Gasteiger partial charge < -0.3 is 5.32 Å². The van der Waals surface area contributed by atoms with Crippen molar-refractivity contribution in [3.05, 3.63) is 54.1 Å². The summed E-state index contributed by atoms with van der Waals surface area (Å²) in [5, 5.41) is 3.53. The molecule has 2 heteroatoms.